The summed E-state index contributed by atoms with van der Waals surface area (Å²) in [5.41, 5.74) is 2.09. The first-order valence-corrected chi connectivity index (χ1v) is 6.79. The summed E-state index contributed by atoms with van der Waals surface area (Å²) in [6.45, 7) is 1.17. The van der Waals surface area contributed by atoms with Crippen molar-refractivity contribution >= 4 is 11.6 Å². The summed E-state index contributed by atoms with van der Waals surface area (Å²) in [6.07, 6.45) is 0. The highest BCUT2D eigenvalue weighted by Crippen LogP contribution is 2.18. The van der Waals surface area contributed by atoms with Crippen LogP contribution in [0.5, 0.6) is 0 Å². The van der Waals surface area contributed by atoms with E-state index in [1.165, 1.54) is 6.07 Å². The van der Waals surface area contributed by atoms with Gasteiger partial charge in [0.15, 0.2) is 0 Å². The zero-order valence-electron chi connectivity index (χ0n) is 11.3. The Balaban J connectivity index is 2.03. The van der Waals surface area contributed by atoms with Crippen LogP contribution in [0, 0.1) is 5.82 Å². The molecule has 0 bridgehead atoms. The molecule has 2 aromatic rings. The van der Waals surface area contributed by atoms with Gasteiger partial charge >= 0.3 is 0 Å². The maximum atomic E-state index is 13.1. The van der Waals surface area contributed by atoms with Gasteiger partial charge in [-0.1, -0.05) is 48.0 Å². The van der Waals surface area contributed by atoms with Gasteiger partial charge in [-0.05, 0) is 23.3 Å². The van der Waals surface area contributed by atoms with Crippen LogP contribution < -0.4 is 5.32 Å². The topological polar surface area (TPSA) is 21.3 Å². The number of rotatable bonds is 6. The summed E-state index contributed by atoms with van der Waals surface area (Å²) in [6, 6.07) is 14.9. The molecule has 2 rings (SSSR count). The third-order valence-corrected chi connectivity index (χ3v) is 3.36. The first-order chi connectivity index (χ1) is 9.70. The second-order valence-electron chi connectivity index (χ2n) is 4.55. The molecular formula is C16H17ClFNO. The van der Waals surface area contributed by atoms with E-state index < -0.39 is 5.82 Å². The van der Waals surface area contributed by atoms with E-state index in [1.807, 2.05) is 30.3 Å². The van der Waals surface area contributed by atoms with E-state index in [1.54, 1.807) is 19.2 Å². The fraction of sp³-hybridized carbons (Fsp3) is 0.250. The number of hydrogen-bond donors (Lipinski definition) is 1. The molecule has 0 fully saturated rings. The first kappa shape index (κ1) is 15.0. The summed E-state index contributed by atoms with van der Waals surface area (Å²) in [5.74, 6) is -0.396. The molecule has 0 radical (unpaired) electrons. The van der Waals surface area contributed by atoms with E-state index >= 15 is 0 Å². The van der Waals surface area contributed by atoms with Crippen LogP contribution in [0.15, 0.2) is 48.5 Å². The van der Waals surface area contributed by atoms with Gasteiger partial charge in [-0.25, -0.2) is 4.39 Å². The zero-order chi connectivity index (χ0) is 14.4. The van der Waals surface area contributed by atoms with Crippen molar-refractivity contribution in [3.05, 3.63) is 70.5 Å². The predicted molar refractivity (Wildman–Crippen MR) is 79.3 cm³/mol. The molecule has 0 aliphatic rings. The molecule has 0 amide bonds. The van der Waals surface area contributed by atoms with Crippen molar-refractivity contribution in [1.82, 2.24) is 5.32 Å². The quantitative estimate of drug-likeness (QED) is 0.870. The normalized spacial score (nSPS) is 12.3. The van der Waals surface area contributed by atoms with Crippen molar-refractivity contribution in [1.29, 1.82) is 0 Å². The van der Waals surface area contributed by atoms with E-state index in [2.05, 4.69) is 5.32 Å². The Hall–Kier alpha value is -1.42. The Labute approximate surface area is 123 Å². The minimum absolute atomic E-state index is 0.0880. The highest BCUT2D eigenvalue weighted by molar-refractivity contribution is 6.30. The van der Waals surface area contributed by atoms with Crippen LogP contribution in [0.1, 0.15) is 17.2 Å². The van der Waals surface area contributed by atoms with Gasteiger partial charge in [0.2, 0.25) is 0 Å². The Bertz CT molecular complexity index is 547. The molecule has 0 saturated heterocycles. The number of halogens is 2. The van der Waals surface area contributed by atoms with Crippen molar-refractivity contribution in [2.24, 2.45) is 0 Å². The van der Waals surface area contributed by atoms with Crippen molar-refractivity contribution in [2.45, 2.75) is 12.6 Å². The predicted octanol–water partition coefficient (Wildman–Crippen LogP) is 3.96. The highest BCUT2D eigenvalue weighted by Gasteiger charge is 2.10. The number of hydrogen-bond acceptors (Lipinski definition) is 2. The molecule has 0 aliphatic carbocycles. The van der Waals surface area contributed by atoms with Gasteiger partial charge in [-0.2, -0.15) is 0 Å². The van der Waals surface area contributed by atoms with Crippen LogP contribution in [-0.4, -0.2) is 13.7 Å². The number of nitrogens with one attached hydrogen (secondary N) is 1. The van der Waals surface area contributed by atoms with Gasteiger partial charge in [0.25, 0.3) is 0 Å². The zero-order valence-corrected chi connectivity index (χ0v) is 12.0. The molecule has 0 heterocycles. The third-order valence-electron chi connectivity index (χ3n) is 3.07. The van der Waals surface area contributed by atoms with E-state index in [4.69, 9.17) is 16.3 Å². The fourth-order valence-electron chi connectivity index (χ4n) is 2.02. The van der Waals surface area contributed by atoms with Gasteiger partial charge in [0, 0.05) is 13.7 Å². The average molecular weight is 294 g/mol. The standard InChI is InChI=1S/C16H17ClFNO/c1-20-11-16(13-5-3-2-4-6-13)19-10-12-7-8-15(18)14(17)9-12/h2-9,16,19H,10-11H2,1H3. The van der Waals surface area contributed by atoms with E-state index in [-0.39, 0.29) is 11.1 Å². The molecule has 0 spiro atoms. The average Bonchev–Trinajstić information content (AvgIpc) is 2.48. The summed E-state index contributed by atoms with van der Waals surface area (Å²) in [4.78, 5) is 0. The molecule has 1 unspecified atom stereocenters. The summed E-state index contributed by atoms with van der Waals surface area (Å²) >= 11 is 5.78. The van der Waals surface area contributed by atoms with E-state index in [9.17, 15) is 4.39 Å². The smallest absolute Gasteiger partial charge is 0.141 e. The lowest BCUT2D eigenvalue weighted by atomic mass is 10.1. The Kier molecular flexibility index (Phi) is 5.53. The lowest BCUT2D eigenvalue weighted by Crippen LogP contribution is -2.24. The maximum Gasteiger partial charge on any atom is 0.141 e. The van der Waals surface area contributed by atoms with Gasteiger partial charge in [0.05, 0.1) is 17.7 Å². The molecule has 20 heavy (non-hydrogen) atoms. The highest BCUT2D eigenvalue weighted by atomic mass is 35.5. The third kappa shape index (κ3) is 4.04. The van der Waals surface area contributed by atoms with Gasteiger partial charge in [0.1, 0.15) is 5.82 Å². The van der Waals surface area contributed by atoms with Crippen LogP contribution in [-0.2, 0) is 11.3 Å². The second kappa shape index (κ2) is 7.39. The molecule has 0 aliphatic heterocycles. The second-order valence-corrected chi connectivity index (χ2v) is 4.96. The van der Waals surface area contributed by atoms with Crippen molar-refractivity contribution in [3.8, 4) is 0 Å². The van der Waals surface area contributed by atoms with Crippen LogP contribution in [0.4, 0.5) is 4.39 Å². The fourth-order valence-corrected chi connectivity index (χ4v) is 2.22. The van der Waals surface area contributed by atoms with Crippen molar-refractivity contribution < 1.29 is 9.13 Å². The van der Waals surface area contributed by atoms with Crippen LogP contribution in [0.2, 0.25) is 5.02 Å². The molecule has 2 aromatic carbocycles. The summed E-state index contributed by atoms with van der Waals surface area (Å²) < 4.78 is 18.4. The number of benzene rings is 2. The Morgan fingerprint density at radius 1 is 1.20 bits per heavy atom. The minimum atomic E-state index is -0.396. The number of ether oxygens (including phenoxy) is 1. The molecule has 0 saturated carbocycles. The maximum absolute atomic E-state index is 13.1. The lowest BCUT2D eigenvalue weighted by Gasteiger charge is -2.18. The van der Waals surface area contributed by atoms with Crippen LogP contribution in [0.3, 0.4) is 0 Å². The van der Waals surface area contributed by atoms with Crippen LogP contribution >= 0.6 is 11.6 Å². The van der Waals surface area contributed by atoms with E-state index in [0.717, 1.165) is 11.1 Å². The first-order valence-electron chi connectivity index (χ1n) is 6.42. The van der Waals surface area contributed by atoms with Crippen LogP contribution in [0.25, 0.3) is 0 Å². The molecule has 4 heteroatoms. The Morgan fingerprint density at radius 3 is 2.60 bits per heavy atom. The molecule has 1 N–H and O–H groups in total. The largest absolute Gasteiger partial charge is 0.383 e. The monoisotopic (exact) mass is 293 g/mol. The lowest BCUT2D eigenvalue weighted by molar-refractivity contribution is 0.166. The molecule has 0 aromatic heterocycles. The molecule has 1 atom stereocenters. The molecule has 2 nitrogen and oxygen atoms in total. The van der Waals surface area contributed by atoms with Crippen molar-refractivity contribution in [3.63, 3.8) is 0 Å². The summed E-state index contributed by atoms with van der Waals surface area (Å²) in [5, 5.41) is 3.54. The van der Waals surface area contributed by atoms with E-state index in [0.29, 0.717) is 13.2 Å². The van der Waals surface area contributed by atoms with Gasteiger partial charge in [-0.3, -0.25) is 0 Å². The summed E-state index contributed by atoms with van der Waals surface area (Å²) in [7, 11) is 1.67. The number of methoxy groups -OCH3 is 1. The molecular weight excluding hydrogens is 277 g/mol. The minimum Gasteiger partial charge on any atom is -0.383 e. The molecule has 106 valence electrons. The van der Waals surface area contributed by atoms with Crippen molar-refractivity contribution in [2.75, 3.05) is 13.7 Å². The SMILES string of the molecule is COCC(NCc1ccc(F)c(Cl)c1)c1ccccc1. The van der Waals surface area contributed by atoms with Gasteiger partial charge < -0.3 is 10.1 Å². The van der Waals surface area contributed by atoms with Gasteiger partial charge in [-0.15, -0.1) is 0 Å². The Morgan fingerprint density at radius 2 is 1.95 bits per heavy atom.